The monoisotopic (exact) mass is 159 g/mol. The summed E-state index contributed by atoms with van der Waals surface area (Å²) in [5, 5.41) is 11.4. The molecule has 4 nitrogen and oxygen atoms in total. The van der Waals surface area contributed by atoms with Crippen molar-refractivity contribution in [2.45, 2.75) is 32.7 Å². The summed E-state index contributed by atoms with van der Waals surface area (Å²) < 4.78 is 0. The second-order valence-electron chi connectivity index (χ2n) is 2.83. The third-order valence-electron chi connectivity index (χ3n) is 2.03. The molecule has 0 rings (SSSR count). The predicted molar refractivity (Wildman–Crippen MR) is 41.3 cm³/mol. The van der Waals surface area contributed by atoms with E-state index in [-0.39, 0.29) is 12.3 Å². The summed E-state index contributed by atoms with van der Waals surface area (Å²) in [6.07, 6.45) is 0.240. The number of hydrogen-bond acceptors (Lipinski definition) is 3. The Balaban J connectivity index is 4.75. The number of rotatable bonds is 4. The van der Waals surface area contributed by atoms with Gasteiger partial charge in [-0.05, 0) is 12.3 Å². The quantitative estimate of drug-likeness (QED) is 0.634. The maximum absolute atomic E-state index is 10.6. The van der Waals surface area contributed by atoms with Crippen molar-refractivity contribution in [2.24, 2.45) is 11.1 Å². The highest BCUT2D eigenvalue weighted by atomic mass is 16.4. The van der Waals surface area contributed by atoms with Gasteiger partial charge in [0.25, 0.3) is 0 Å². The number of nitrogens with zero attached hydrogens (tertiary/aromatic N) is 1. The molecule has 0 radical (unpaired) electrons. The van der Waals surface area contributed by atoms with Crippen LogP contribution in [-0.2, 0) is 4.79 Å². The number of aliphatic carboxylic acids is 1. The molecule has 0 saturated heterocycles. The third-order valence-corrected chi connectivity index (χ3v) is 2.03. The van der Waals surface area contributed by atoms with E-state index in [1.54, 1.807) is 20.8 Å². The molecule has 11 heavy (non-hydrogen) atoms. The molecule has 0 bridgehead atoms. The first-order valence-electron chi connectivity index (χ1n) is 3.59. The van der Waals surface area contributed by atoms with Crippen LogP contribution >= 0.6 is 0 Å². The zero-order chi connectivity index (χ0) is 9.07. The smallest absolute Gasteiger partial charge is 0.335 e. The molecule has 0 aliphatic heterocycles. The Kier molecular flexibility index (Phi) is 3.17. The van der Waals surface area contributed by atoms with E-state index in [1.807, 2.05) is 0 Å². The fourth-order valence-electron chi connectivity index (χ4n) is 1.02. The van der Waals surface area contributed by atoms with Gasteiger partial charge >= 0.3 is 5.97 Å². The number of carboxylic acids is 1. The molecule has 4 heteroatoms. The fraction of sp³-hybridized carbons (Fsp3) is 0.857. The second kappa shape index (κ2) is 3.46. The normalized spacial score (nSPS) is 16.0. The van der Waals surface area contributed by atoms with Gasteiger partial charge in [-0.2, -0.15) is 0 Å². The Hall–Kier alpha value is -0.930. The van der Waals surface area contributed by atoms with Crippen LogP contribution in [0, 0.1) is 10.8 Å². The van der Waals surface area contributed by atoms with E-state index in [9.17, 15) is 9.70 Å². The zero-order valence-electron chi connectivity index (χ0n) is 7.00. The minimum atomic E-state index is -1.43. The summed E-state index contributed by atoms with van der Waals surface area (Å²) >= 11 is 0. The van der Waals surface area contributed by atoms with E-state index < -0.39 is 11.5 Å². The van der Waals surface area contributed by atoms with Gasteiger partial charge in [-0.15, -0.1) is 4.91 Å². The van der Waals surface area contributed by atoms with Gasteiger partial charge in [0.2, 0.25) is 5.54 Å². The highest BCUT2D eigenvalue weighted by Crippen LogP contribution is 2.25. The van der Waals surface area contributed by atoms with Crippen molar-refractivity contribution in [1.82, 2.24) is 0 Å². The van der Waals surface area contributed by atoms with E-state index in [1.165, 1.54) is 0 Å². The van der Waals surface area contributed by atoms with E-state index in [0.29, 0.717) is 0 Å². The van der Waals surface area contributed by atoms with Crippen LogP contribution in [0.1, 0.15) is 27.2 Å². The molecule has 0 aromatic rings. The van der Waals surface area contributed by atoms with Crippen LogP contribution in [0.5, 0.6) is 0 Å². The first-order valence-corrected chi connectivity index (χ1v) is 3.59. The van der Waals surface area contributed by atoms with Crippen LogP contribution in [0.4, 0.5) is 0 Å². The van der Waals surface area contributed by atoms with Gasteiger partial charge in [-0.1, -0.05) is 25.9 Å². The molecule has 0 aliphatic rings. The van der Waals surface area contributed by atoms with E-state index in [0.717, 1.165) is 0 Å². The Morgan fingerprint density at radius 2 is 2.09 bits per heavy atom. The number of hydrogen-bond donors (Lipinski definition) is 1. The lowest BCUT2D eigenvalue weighted by Crippen LogP contribution is -2.40. The predicted octanol–water partition coefficient (Wildman–Crippen LogP) is 1.64. The molecule has 0 aliphatic carbocycles. The van der Waals surface area contributed by atoms with Gasteiger partial charge < -0.3 is 5.11 Å². The molecule has 1 atom stereocenters. The first kappa shape index (κ1) is 10.1. The minimum absolute atomic E-state index is 0.240. The second-order valence-corrected chi connectivity index (χ2v) is 2.83. The summed E-state index contributed by atoms with van der Waals surface area (Å²) in [4.78, 5) is 20.9. The van der Waals surface area contributed by atoms with Crippen molar-refractivity contribution in [2.75, 3.05) is 0 Å². The highest BCUT2D eigenvalue weighted by Gasteiger charge is 2.41. The van der Waals surface area contributed by atoms with Gasteiger partial charge in [0, 0.05) is 0 Å². The van der Waals surface area contributed by atoms with E-state index in [2.05, 4.69) is 5.18 Å². The molecule has 0 spiro atoms. The molecular weight excluding hydrogens is 146 g/mol. The summed E-state index contributed by atoms with van der Waals surface area (Å²) in [5.41, 5.74) is -1.43. The van der Waals surface area contributed by atoms with Crippen LogP contribution in [-0.4, -0.2) is 16.6 Å². The van der Waals surface area contributed by atoms with E-state index in [4.69, 9.17) is 5.11 Å². The van der Waals surface area contributed by atoms with Crippen LogP contribution < -0.4 is 0 Å². The summed E-state index contributed by atoms with van der Waals surface area (Å²) in [6, 6.07) is 0. The van der Waals surface area contributed by atoms with E-state index >= 15 is 0 Å². The van der Waals surface area contributed by atoms with Crippen molar-refractivity contribution in [3.63, 3.8) is 0 Å². The number of nitroso groups, excluding NO2 is 1. The van der Waals surface area contributed by atoms with Crippen LogP contribution in [0.2, 0.25) is 0 Å². The topological polar surface area (TPSA) is 66.7 Å². The van der Waals surface area contributed by atoms with Crippen molar-refractivity contribution in [3.05, 3.63) is 4.91 Å². The molecule has 0 heterocycles. The lowest BCUT2D eigenvalue weighted by molar-refractivity contribution is -0.145. The molecule has 0 unspecified atom stereocenters. The molecule has 64 valence electrons. The lowest BCUT2D eigenvalue weighted by atomic mass is 9.85. The maximum Gasteiger partial charge on any atom is 0.335 e. The fourth-order valence-corrected chi connectivity index (χ4v) is 1.02. The van der Waals surface area contributed by atoms with Crippen molar-refractivity contribution < 1.29 is 9.90 Å². The molecule has 0 saturated carbocycles. The highest BCUT2D eigenvalue weighted by molar-refractivity contribution is 5.79. The number of carboxylic acid groups (broad SMARTS) is 1. The first-order chi connectivity index (χ1) is 5.01. The molecule has 0 aromatic heterocycles. The average Bonchev–Trinajstić information content (AvgIpc) is 1.90. The van der Waals surface area contributed by atoms with Crippen molar-refractivity contribution >= 4 is 5.97 Å². The van der Waals surface area contributed by atoms with Crippen LogP contribution in [0.25, 0.3) is 0 Å². The SMILES string of the molecule is CC[C@](N=O)(C(=O)O)C(C)C. The van der Waals surface area contributed by atoms with Gasteiger partial charge in [-0.3, -0.25) is 0 Å². The Bertz CT molecular complexity index is 167. The number of carbonyl (C=O) groups is 1. The molecule has 0 aromatic carbocycles. The Morgan fingerprint density at radius 3 is 2.09 bits per heavy atom. The largest absolute Gasteiger partial charge is 0.479 e. The zero-order valence-corrected chi connectivity index (χ0v) is 7.00. The average molecular weight is 159 g/mol. The molecule has 1 N–H and O–H groups in total. The maximum atomic E-state index is 10.6. The van der Waals surface area contributed by atoms with Gasteiger partial charge in [0.1, 0.15) is 0 Å². The van der Waals surface area contributed by atoms with Crippen LogP contribution in [0.3, 0.4) is 0 Å². The summed E-state index contributed by atoms with van der Waals surface area (Å²) in [6.45, 7) is 5.01. The van der Waals surface area contributed by atoms with Crippen molar-refractivity contribution in [3.8, 4) is 0 Å². The standard InChI is InChI=1S/C7H13NO3/c1-4-7(8-11,5(2)3)6(9)10/h5H,4H2,1-3H3,(H,9,10)/t7-/m1/s1. The molecular formula is C7H13NO3. The van der Waals surface area contributed by atoms with Gasteiger partial charge in [0.15, 0.2) is 0 Å². The minimum Gasteiger partial charge on any atom is -0.479 e. The molecule has 0 amide bonds. The van der Waals surface area contributed by atoms with Gasteiger partial charge in [-0.25, -0.2) is 4.79 Å². The Morgan fingerprint density at radius 1 is 1.64 bits per heavy atom. The summed E-state index contributed by atoms with van der Waals surface area (Å²) in [5.74, 6) is -1.40. The molecule has 0 fully saturated rings. The lowest BCUT2D eigenvalue weighted by Gasteiger charge is -2.23. The van der Waals surface area contributed by atoms with Crippen LogP contribution in [0.15, 0.2) is 5.18 Å². The summed E-state index contributed by atoms with van der Waals surface area (Å²) in [7, 11) is 0. The third kappa shape index (κ3) is 1.56. The Labute approximate surface area is 65.6 Å². The van der Waals surface area contributed by atoms with Gasteiger partial charge in [0.05, 0.1) is 0 Å². The van der Waals surface area contributed by atoms with Crippen molar-refractivity contribution in [1.29, 1.82) is 0 Å².